The molecule has 1 saturated heterocycles. The van der Waals surface area contributed by atoms with Crippen LogP contribution in [0.1, 0.15) is 43.6 Å². The second-order valence-corrected chi connectivity index (χ2v) is 7.37. The van der Waals surface area contributed by atoms with E-state index in [0.29, 0.717) is 0 Å². The molecule has 1 N–H and O–H groups in total. The molecule has 1 aliphatic carbocycles. The minimum absolute atomic E-state index is 0.731. The fraction of sp³-hybridized carbons (Fsp3) is 0.647. The zero-order chi connectivity index (χ0) is 13.9. The standard InChI is InChI=1S/C17H25BrN2/c1-20-8-3-2-7-17(20)12-19-16-10-14(11-16)13-5-4-6-15(18)9-13/h4-6,9,14,16-17,19H,2-3,7-8,10-12H2,1H3. The largest absolute Gasteiger partial charge is 0.312 e. The van der Waals surface area contributed by atoms with E-state index >= 15 is 0 Å². The molecular formula is C17H25BrN2. The van der Waals surface area contributed by atoms with Crippen molar-refractivity contribution < 1.29 is 0 Å². The summed E-state index contributed by atoms with van der Waals surface area (Å²) in [4.78, 5) is 2.53. The van der Waals surface area contributed by atoms with Crippen LogP contribution in [0.4, 0.5) is 0 Å². The van der Waals surface area contributed by atoms with Crippen LogP contribution in [0.5, 0.6) is 0 Å². The van der Waals surface area contributed by atoms with Gasteiger partial charge in [-0.25, -0.2) is 0 Å². The molecule has 1 atom stereocenters. The van der Waals surface area contributed by atoms with Crippen LogP contribution in [0.15, 0.2) is 28.7 Å². The van der Waals surface area contributed by atoms with Crippen molar-refractivity contribution in [3.63, 3.8) is 0 Å². The maximum Gasteiger partial charge on any atom is 0.0217 e. The Kier molecular flexibility index (Phi) is 4.79. The van der Waals surface area contributed by atoms with Crippen molar-refractivity contribution in [1.29, 1.82) is 0 Å². The number of likely N-dealkylation sites (N-methyl/N-ethyl adjacent to an activating group) is 1. The highest BCUT2D eigenvalue weighted by Gasteiger charge is 2.31. The summed E-state index contributed by atoms with van der Waals surface area (Å²) in [7, 11) is 2.27. The van der Waals surface area contributed by atoms with E-state index in [1.165, 1.54) is 55.2 Å². The van der Waals surface area contributed by atoms with Crippen LogP contribution in [0.2, 0.25) is 0 Å². The van der Waals surface area contributed by atoms with Crippen molar-refractivity contribution in [2.45, 2.75) is 50.1 Å². The molecule has 1 heterocycles. The van der Waals surface area contributed by atoms with Gasteiger partial charge in [0.1, 0.15) is 0 Å². The zero-order valence-electron chi connectivity index (χ0n) is 12.3. The summed E-state index contributed by atoms with van der Waals surface area (Å²) in [5, 5.41) is 3.78. The lowest BCUT2D eigenvalue weighted by Gasteiger charge is -2.39. The lowest BCUT2D eigenvalue weighted by molar-refractivity contribution is 0.166. The molecule has 0 spiro atoms. The molecule has 0 radical (unpaired) electrons. The average Bonchev–Trinajstić information content (AvgIpc) is 2.39. The number of hydrogen-bond donors (Lipinski definition) is 1. The smallest absolute Gasteiger partial charge is 0.0217 e. The lowest BCUT2D eigenvalue weighted by atomic mass is 9.76. The molecule has 1 saturated carbocycles. The summed E-state index contributed by atoms with van der Waals surface area (Å²) in [6.07, 6.45) is 6.74. The number of halogens is 1. The Balaban J connectivity index is 1.42. The molecule has 0 aromatic heterocycles. The Labute approximate surface area is 131 Å². The van der Waals surface area contributed by atoms with Crippen molar-refractivity contribution >= 4 is 15.9 Å². The highest BCUT2D eigenvalue weighted by Crippen LogP contribution is 2.37. The highest BCUT2D eigenvalue weighted by molar-refractivity contribution is 9.10. The molecule has 20 heavy (non-hydrogen) atoms. The summed E-state index contributed by atoms with van der Waals surface area (Å²) in [5.74, 6) is 0.758. The van der Waals surface area contributed by atoms with Gasteiger partial charge in [0.15, 0.2) is 0 Å². The maximum absolute atomic E-state index is 3.78. The van der Waals surface area contributed by atoms with Crippen molar-refractivity contribution in [2.24, 2.45) is 0 Å². The monoisotopic (exact) mass is 336 g/mol. The Morgan fingerprint density at radius 3 is 2.90 bits per heavy atom. The number of likely N-dealkylation sites (tertiary alicyclic amines) is 1. The first-order chi connectivity index (χ1) is 9.72. The summed E-state index contributed by atoms with van der Waals surface area (Å²) < 4.78 is 1.20. The van der Waals surface area contributed by atoms with Gasteiger partial charge in [-0.2, -0.15) is 0 Å². The van der Waals surface area contributed by atoms with Crippen molar-refractivity contribution in [3.05, 3.63) is 34.3 Å². The van der Waals surface area contributed by atoms with Crippen LogP contribution in [-0.4, -0.2) is 37.1 Å². The van der Waals surface area contributed by atoms with Crippen LogP contribution in [0.25, 0.3) is 0 Å². The van der Waals surface area contributed by atoms with Gasteiger partial charge in [-0.15, -0.1) is 0 Å². The first-order valence-electron chi connectivity index (χ1n) is 7.91. The third-order valence-corrected chi connectivity index (χ3v) is 5.52. The van der Waals surface area contributed by atoms with Gasteiger partial charge in [0.2, 0.25) is 0 Å². The minimum Gasteiger partial charge on any atom is -0.312 e. The van der Waals surface area contributed by atoms with E-state index < -0.39 is 0 Å². The Bertz CT molecular complexity index is 442. The normalized spacial score (nSPS) is 31.0. The minimum atomic E-state index is 0.731. The van der Waals surface area contributed by atoms with Gasteiger partial charge < -0.3 is 10.2 Å². The summed E-state index contributed by atoms with van der Waals surface area (Å²) in [6, 6.07) is 10.3. The number of nitrogens with zero attached hydrogens (tertiary/aromatic N) is 1. The van der Waals surface area contributed by atoms with Gasteiger partial charge in [-0.3, -0.25) is 0 Å². The molecule has 1 aromatic carbocycles. The van der Waals surface area contributed by atoms with Gasteiger partial charge in [-0.05, 0) is 62.9 Å². The second kappa shape index (κ2) is 6.59. The molecule has 110 valence electrons. The third-order valence-electron chi connectivity index (χ3n) is 5.02. The van der Waals surface area contributed by atoms with E-state index in [9.17, 15) is 0 Å². The highest BCUT2D eigenvalue weighted by atomic mass is 79.9. The average molecular weight is 337 g/mol. The Hall–Kier alpha value is -0.380. The van der Waals surface area contributed by atoms with E-state index in [2.05, 4.69) is 57.5 Å². The van der Waals surface area contributed by atoms with Crippen LogP contribution >= 0.6 is 15.9 Å². The Morgan fingerprint density at radius 2 is 2.15 bits per heavy atom. The van der Waals surface area contributed by atoms with Gasteiger partial charge >= 0.3 is 0 Å². The molecular weight excluding hydrogens is 312 g/mol. The molecule has 2 fully saturated rings. The summed E-state index contributed by atoms with van der Waals surface area (Å²) in [6.45, 7) is 2.45. The van der Waals surface area contributed by atoms with Crippen molar-refractivity contribution in [3.8, 4) is 0 Å². The zero-order valence-corrected chi connectivity index (χ0v) is 13.9. The van der Waals surface area contributed by atoms with Gasteiger partial charge in [0, 0.05) is 23.1 Å². The van der Waals surface area contributed by atoms with Crippen LogP contribution in [0, 0.1) is 0 Å². The first kappa shape index (κ1) is 14.6. The summed E-state index contributed by atoms with van der Waals surface area (Å²) >= 11 is 3.57. The van der Waals surface area contributed by atoms with E-state index in [1.54, 1.807) is 0 Å². The molecule has 1 unspecified atom stereocenters. The number of rotatable bonds is 4. The van der Waals surface area contributed by atoms with Gasteiger partial charge in [0.25, 0.3) is 0 Å². The quantitative estimate of drug-likeness (QED) is 0.900. The number of piperidine rings is 1. The maximum atomic E-state index is 3.78. The number of hydrogen-bond acceptors (Lipinski definition) is 2. The van der Waals surface area contributed by atoms with E-state index in [0.717, 1.165) is 18.0 Å². The SMILES string of the molecule is CN1CCCCC1CNC1CC(c2cccc(Br)c2)C1. The van der Waals surface area contributed by atoms with E-state index in [-0.39, 0.29) is 0 Å². The molecule has 1 aliphatic heterocycles. The topological polar surface area (TPSA) is 15.3 Å². The molecule has 1 aromatic rings. The van der Waals surface area contributed by atoms with Gasteiger partial charge in [0.05, 0.1) is 0 Å². The van der Waals surface area contributed by atoms with Crippen molar-refractivity contribution in [1.82, 2.24) is 10.2 Å². The predicted octanol–water partition coefficient (Wildman–Crippen LogP) is 3.77. The van der Waals surface area contributed by atoms with E-state index in [4.69, 9.17) is 0 Å². The molecule has 2 nitrogen and oxygen atoms in total. The number of benzene rings is 1. The van der Waals surface area contributed by atoms with Crippen LogP contribution in [-0.2, 0) is 0 Å². The number of nitrogens with one attached hydrogen (secondary N) is 1. The molecule has 2 aliphatic rings. The predicted molar refractivity (Wildman–Crippen MR) is 88.2 cm³/mol. The first-order valence-corrected chi connectivity index (χ1v) is 8.71. The fourth-order valence-corrected chi connectivity index (χ4v) is 3.94. The molecule has 3 heteroatoms. The Morgan fingerprint density at radius 1 is 1.30 bits per heavy atom. The molecule has 0 amide bonds. The summed E-state index contributed by atoms with van der Waals surface area (Å²) in [5.41, 5.74) is 1.49. The molecule has 0 bridgehead atoms. The van der Waals surface area contributed by atoms with Crippen LogP contribution in [0.3, 0.4) is 0 Å². The fourth-order valence-electron chi connectivity index (χ4n) is 3.52. The lowest BCUT2D eigenvalue weighted by Crippen LogP contribution is -2.48. The van der Waals surface area contributed by atoms with Crippen LogP contribution < -0.4 is 5.32 Å². The van der Waals surface area contributed by atoms with Gasteiger partial charge in [-0.1, -0.05) is 34.5 Å². The second-order valence-electron chi connectivity index (χ2n) is 6.46. The molecule has 3 rings (SSSR count). The van der Waals surface area contributed by atoms with E-state index in [1.807, 2.05) is 0 Å². The van der Waals surface area contributed by atoms with Crippen molar-refractivity contribution in [2.75, 3.05) is 20.1 Å². The third kappa shape index (κ3) is 3.44.